The van der Waals surface area contributed by atoms with Crippen molar-refractivity contribution in [3.63, 3.8) is 0 Å². The lowest BCUT2D eigenvalue weighted by Crippen LogP contribution is -2.58. The van der Waals surface area contributed by atoms with Crippen molar-refractivity contribution in [3.05, 3.63) is 0 Å². The molecule has 0 aromatic carbocycles. The Hall–Kier alpha value is -0.0800. The number of nitrogens with zero attached hydrogens (tertiary/aromatic N) is 2. The van der Waals surface area contributed by atoms with Gasteiger partial charge in [0.1, 0.15) is 6.67 Å². The Balaban J connectivity index is 2.55. The summed E-state index contributed by atoms with van der Waals surface area (Å²) in [4.78, 5) is 2.43. The van der Waals surface area contributed by atoms with Gasteiger partial charge in [-0.1, -0.05) is 0 Å². The van der Waals surface area contributed by atoms with Gasteiger partial charge < -0.3 is 4.48 Å². The molecular formula is C9H21N2+. The number of quaternary nitrogens is 1. The van der Waals surface area contributed by atoms with Crippen LogP contribution in [0.5, 0.6) is 0 Å². The molecule has 1 aliphatic heterocycles. The van der Waals surface area contributed by atoms with Gasteiger partial charge in [0, 0.05) is 13.0 Å². The summed E-state index contributed by atoms with van der Waals surface area (Å²) in [6.07, 6.45) is 1.35. The van der Waals surface area contributed by atoms with Crippen molar-refractivity contribution in [1.82, 2.24) is 4.90 Å². The Kier molecular flexibility index (Phi) is 2.55. The van der Waals surface area contributed by atoms with E-state index in [0.29, 0.717) is 0 Å². The molecule has 0 saturated carbocycles. The van der Waals surface area contributed by atoms with Crippen molar-refractivity contribution in [2.75, 3.05) is 33.9 Å². The lowest BCUT2D eigenvalue weighted by atomic mass is 10.2. The van der Waals surface area contributed by atoms with Crippen molar-refractivity contribution in [1.29, 1.82) is 0 Å². The molecule has 2 heteroatoms. The average molecular weight is 157 g/mol. The SMILES string of the molecule is CC(C)[N+]1(C)CCCN(C)C1. The maximum Gasteiger partial charge on any atom is 0.134 e. The molecule has 0 aromatic rings. The van der Waals surface area contributed by atoms with Gasteiger partial charge in [-0.05, 0) is 20.9 Å². The van der Waals surface area contributed by atoms with Crippen LogP contribution >= 0.6 is 0 Å². The van der Waals surface area contributed by atoms with E-state index in [1.165, 1.54) is 30.7 Å². The van der Waals surface area contributed by atoms with Crippen LogP contribution in [0.3, 0.4) is 0 Å². The summed E-state index contributed by atoms with van der Waals surface area (Å²) in [6, 6.07) is 0.762. The van der Waals surface area contributed by atoms with Gasteiger partial charge >= 0.3 is 0 Å². The largest absolute Gasteiger partial charge is 0.312 e. The first-order valence-corrected chi connectivity index (χ1v) is 4.57. The molecule has 1 aliphatic rings. The van der Waals surface area contributed by atoms with Gasteiger partial charge in [-0.15, -0.1) is 0 Å². The first kappa shape index (κ1) is 9.01. The first-order valence-electron chi connectivity index (χ1n) is 4.57. The van der Waals surface area contributed by atoms with Crippen LogP contribution in [0, 0.1) is 0 Å². The second-order valence-electron chi connectivity index (χ2n) is 4.37. The summed E-state index contributed by atoms with van der Waals surface area (Å²) < 4.78 is 1.22. The minimum absolute atomic E-state index is 0.762. The van der Waals surface area contributed by atoms with Crippen LogP contribution in [-0.2, 0) is 0 Å². The van der Waals surface area contributed by atoms with Gasteiger partial charge in [-0.25, -0.2) is 0 Å². The molecule has 1 rings (SSSR count). The molecule has 2 nitrogen and oxygen atoms in total. The molecule has 0 amide bonds. The van der Waals surface area contributed by atoms with Crippen LogP contribution in [0.4, 0.5) is 0 Å². The molecule has 1 fully saturated rings. The molecule has 66 valence electrons. The average Bonchev–Trinajstić information content (AvgIpc) is 1.86. The summed E-state index contributed by atoms with van der Waals surface area (Å²) in [5.41, 5.74) is 0. The summed E-state index contributed by atoms with van der Waals surface area (Å²) in [5.74, 6) is 0. The van der Waals surface area contributed by atoms with Gasteiger partial charge in [0.15, 0.2) is 0 Å². The molecule has 0 spiro atoms. The van der Waals surface area contributed by atoms with Crippen molar-refractivity contribution in [2.24, 2.45) is 0 Å². The minimum Gasteiger partial charge on any atom is -0.312 e. The van der Waals surface area contributed by atoms with E-state index < -0.39 is 0 Å². The summed E-state index contributed by atoms with van der Waals surface area (Å²) in [5, 5.41) is 0. The molecule has 0 aromatic heterocycles. The summed E-state index contributed by atoms with van der Waals surface area (Å²) in [7, 11) is 4.58. The zero-order valence-electron chi connectivity index (χ0n) is 8.30. The molecule has 1 atom stereocenters. The quantitative estimate of drug-likeness (QED) is 0.516. The van der Waals surface area contributed by atoms with E-state index in [9.17, 15) is 0 Å². The van der Waals surface area contributed by atoms with Crippen LogP contribution < -0.4 is 0 Å². The second-order valence-corrected chi connectivity index (χ2v) is 4.37. The highest BCUT2D eigenvalue weighted by atomic mass is 15.5. The van der Waals surface area contributed by atoms with Crippen LogP contribution in [0.15, 0.2) is 0 Å². The first-order chi connectivity index (χ1) is 5.04. The molecule has 0 N–H and O–H groups in total. The normalized spacial score (nSPS) is 34.6. The van der Waals surface area contributed by atoms with Crippen LogP contribution in [0.2, 0.25) is 0 Å². The highest BCUT2D eigenvalue weighted by Gasteiger charge is 2.30. The van der Waals surface area contributed by atoms with Crippen molar-refractivity contribution in [3.8, 4) is 0 Å². The maximum absolute atomic E-state index is 2.43. The topological polar surface area (TPSA) is 3.24 Å². The molecule has 1 heterocycles. The van der Waals surface area contributed by atoms with Crippen molar-refractivity contribution < 1.29 is 4.48 Å². The predicted octanol–water partition coefficient (Wildman–Crippen LogP) is 1.13. The molecule has 1 saturated heterocycles. The Morgan fingerprint density at radius 1 is 1.36 bits per heavy atom. The van der Waals surface area contributed by atoms with Gasteiger partial charge in [0.05, 0.1) is 19.6 Å². The lowest BCUT2D eigenvalue weighted by Gasteiger charge is -2.44. The van der Waals surface area contributed by atoms with E-state index in [2.05, 4.69) is 32.8 Å². The van der Waals surface area contributed by atoms with Crippen LogP contribution in [0.1, 0.15) is 20.3 Å². The minimum atomic E-state index is 0.762. The maximum atomic E-state index is 2.43. The van der Waals surface area contributed by atoms with E-state index in [0.717, 1.165) is 6.04 Å². The van der Waals surface area contributed by atoms with Crippen molar-refractivity contribution in [2.45, 2.75) is 26.3 Å². The molecule has 0 aliphatic carbocycles. The van der Waals surface area contributed by atoms with E-state index in [1.54, 1.807) is 0 Å². The van der Waals surface area contributed by atoms with Gasteiger partial charge in [-0.2, -0.15) is 0 Å². The Labute approximate surface area is 70.4 Å². The Bertz CT molecular complexity index is 134. The van der Waals surface area contributed by atoms with E-state index in [4.69, 9.17) is 0 Å². The Morgan fingerprint density at radius 3 is 2.36 bits per heavy atom. The summed E-state index contributed by atoms with van der Waals surface area (Å²) in [6.45, 7) is 8.48. The second kappa shape index (κ2) is 3.11. The third-order valence-corrected chi connectivity index (χ3v) is 3.02. The van der Waals surface area contributed by atoms with Crippen LogP contribution in [0.25, 0.3) is 0 Å². The highest BCUT2D eigenvalue weighted by Crippen LogP contribution is 2.16. The smallest absolute Gasteiger partial charge is 0.134 e. The van der Waals surface area contributed by atoms with Gasteiger partial charge in [0.25, 0.3) is 0 Å². The zero-order valence-corrected chi connectivity index (χ0v) is 8.30. The van der Waals surface area contributed by atoms with Gasteiger partial charge in [0.2, 0.25) is 0 Å². The van der Waals surface area contributed by atoms with Crippen LogP contribution in [-0.4, -0.2) is 49.3 Å². The lowest BCUT2D eigenvalue weighted by molar-refractivity contribution is -0.943. The molecular weight excluding hydrogens is 136 g/mol. The predicted molar refractivity (Wildman–Crippen MR) is 48.3 cm³/mol. The standard InChI is InChI=1S/C9H21N2/c1-9(2)11(4)7-5-6-10(3)8-11/h9H,5-8H2,1-4H3/q+1. The van der Waals surface area contributed by atoms with Crippen molar-refractivity contribution >= 4 is 0 Å². The third-order valence-electron chi connectivity index (χ3n) is 3.02. The fraction of sp³-hybridized carbons (Fsp3) is 1.00. The number of hydrogen-bond acceptors (Lipinski definition) is 1. The fourth-order valence-electron chi connectivity index (χ4n) is 1.82. The Morgan fingerprint density at radius 2 is 2.00 bits per heavy atom. The van der Waals surface area contributed by atoms with Gasteiger partial charge in [-0.3, -0.25) is 4.90 Å². The monoisotopic (exact) mass is 157 g/mol. The number of rotatable bonds is 1. The third kappa shape index (κ3) is 1.94. The molecule has 11 heavy (non-hydrogen) atoms. The molecule has 0 radical (unpaired) electrons. The summed E-state index contributed by atoms with van der Waals surface area (Å²) >= 11 is 0. The van der Waals surface area contributed by atoms with E-state index >= 15 is 0 Å². The fourth-order valence-corrected chi connectivity index (χ4v) is 1.82. The van der Waals surface area contributed by atoms with E-state index in [-0.39, 0.29) is 0 Å². The highest BCUT2D eigenvalue weighted by molar-refractivity contribution is 4.56. The zero-order chi connectivity index (χ0) is 8.48. The molecule has 0 bridgehead atoms. The van der Waals surface area contributed by atoms with E-state index in [1.807, 2.05) is 0 Å². The number of hydrogen-bond donors (Lipinski definition) is 0. The molecule has 1 unspecified atom stereocenters.